The topological polar surface area (TPSA) is 7.68 Å². The molecular weight excluding hydrogens is 384 g/mol. The Bertz CT molecular complexity index is 466. The summed E-state index contributed by atoms with van der Waals surface area (Å²) in [7, 11) is 0. The second kappa shape index (κ2) is 5.72. The molecule has 0 spiro atoms. The molecule has 0 aromatic heterocycles. The molecule has 9 aliphatic rings. The third kappa shape index (κ3) is 2.35. The van der Waals surface area contributed by atoms with Crippen LogP contribution in [0.1, 0.15) is 77.0 Å². The summed E-state index contributed by atoms with van der Waals surface area (Å²) in [6.45, 7) is 4.34. The highest BCUT2D eigenvalue weighted by Gasteiger charge is 2.60. The van der Waals surface area contributed by atoms with E-state index in [1.165, 1.54) is 19.8 Å². The van der Waals surface area contributed by atoms with Crippen LogP contribution in [0.25, 0.3) is 0 Å². The van der Waals surface area contributed by atoms with Crippen LogP contribution < -0.4 is 21.9 Å². The minimum absolute atomic E-state index is 0. The van der Waals surface area contributed by atoms with Crippen molar-refractivity contribution in [2.45, 2.75) is 88.1 Å². The van der Waals surface area contributed by atoms with Crippen LogP contribution in [0.5, 0.6) is 0 Å². The molecule has 8 bridgehead atoms. The highest BCUT2D eigenvalue weighted by atomic mass is 79.9. The van der Waals surface area contributed by atoms with Crippen molar-refractivity contribution >= 4 is 0 Å². The smallest absolute Gasteiger partial charge is 0.134 e. The number of hydrogen-bond donors (Lipinski definition) is 1. The van der Waals surface area contributed by atoms with E-state index in [0.29, 0.717) is 5.54 Å². The van der Waals surface area contributed by atoms with Gasteiger partial charge in [0, 0.05) is 24.8 Å². The van der Waals surface area contributed by atoms with Crippen molar-refractivity contribution in [2.24, 2.45) is 35.5 Å². The Morgan fingerprint density at radius 3 is 1.50 bits per heavy atom. The van der Waals surface area contributed by atoms with Crippen LogP contribution in [0, 0.1) is 35.5 Å². The van der Waals surface area contributed by atoms with E-state index in [4.69, 9.17) is 0 Å². The molecule has 9 rings (SSSR count). The molecule has 1 heterocycles. The van der Waals surface area contributed by atoms with Crippen LogP contribution in [0.15, 0.2) is 0 Å². The molecule has 2 nitrogen and oxygen atoms in total. The van der Waals surface area contributed by atoms with Gasteiger partial charge in [0.05, 0.1) is 18.6 Å². The number of nitrogens with zero attached hydrogens (tertiary/aromatic N) is 1. The maximum absolute atomic E-state index is 3.07. The first-order valence-electron chi connectivity index (χ1n) is 11.8. The molecular formula is C23H37BrN2. The van der Waals surface area contributed by atoms with Crippen molar-refractivity contribution in [2.75, 3.05) is 19.8 Å². The number of rotatable bonds is 2. The zero-order valence-corrected chi connectivity index (χ0v) is 18.0. The quantitative estimate of drug-likeness (QED) is 0.664. The monoisotopic (exact) mass is 420 g/mol. The van der Waals surface area contributed by atoms with Gasteiger partial charge in [0.25, 0.3) is 0 Å². The Hall–Kier alpha value is 0.400. The molecule has 3 heteroatoms. The Morgan fingerprint density at radius 1 is 0.615 bits per heavy atom. The second-order valence-corrected chi connectivity index (χ2v) is 12.1. The molecule has 8 aliphatic carbocycles. The summed E-state index contributed by atoms with van der Waals surface area (Å²) in [5.74, 6) is 6.67. The van der Waals surface area contributed by atoms with Gasteiger partial charge in [-0.05, 0) is 93.3 Å². The largest absolute Gasteiger partial charge is 1.00 e. The Labute approximate surface area is 170 Å². The molecule has 1 N–H and O–H groups in total. The number of halogens is 1. The summed E-state index contributed by atoms with van der Waals surface area (Å²) in [5.41, 5.74) is 1.39. The molecule has 1 aliphatic heterocycles. The fourth-order valence-electron chi connectivity index (χ4n) is 10.5. The Kier molecular flexibility index (Phi) is 3.80. The molecule has 8 saturated carbocycles. The van der Waals surface area contributed by atoms with Gasteiger partial charge in [0.2, 0.25) is 0 Å². The zero-order chi connectivity index (χ0) is 16.2. The van der Waals surface area contributed by atoms with E-state index >= 15 is 0 Å². The van der Waals surface area contributed by atoms with Crippen LogP contribution in [0.2, 0.25) is 0 Å². The van der Waals surface area contributed by atoms with Crippen LogP contribution in [0.3, 0.4) is 0 Å². The van der Waals surface area contributed by atoms with Crippen molar-refractivity contribution in [1.29, 1.82) is 0 Å². The lowest BCUT2D eigenvalue weighted by Gasteiger charge is -2.60. The van der Waals surface area contributed by atoms with Crippen molar-refractivity contribution in [3.05, 3.63) is 0 Å². The maximum Gasteiger partial charge on any atom is 0.134 e. The molecule has 1 atom stereocenters. The van der Waals surface area contributed by atoms with Gasteiger partial charge in [-0.15, -0.1) is 0 Å². The van der Waals surface area contributed by atoms with Crippen molar-refractivity contribution in [3.63, 3.8) is 0 Å². The summed E-state index contributed by atoms with van der Waals surface area (Å²) in [6.07, 6.45) is 19.1. The zero-order valence-electron chi connectivity index (χ0n) is 16.4. The standard InChI is InChI=1S/C23H36N2.BrH/c1-2-25(23-12-19-6-20(13-23)8-21(7-19)14-23)15-24(1)22-9-16-3-17(10-22)5-18(4-16)11-22;/h16-21H,1-15H2;1H. The lowest BCUT2D eigenvalue weighted by atomic mass is 9.52. The van der Waals surface area contributed by atoms with E-state index in [2.05, 4.69) is 9.80 Å². The first-order valence-corrected chi connectivity index (χ1v) is 11.8. The predicted octanol–water partition coefficient (Wildman–Crippen LogP) is 0.0860. The number of nitrogens with one attached hydrogen (secondary N) is 1. The average molecular weight is 421 g/mol. The summed E-state index contributed by atoms with van der Waals surface area (Å²) in [6, 6.07) is 0. The highest BCUT2D eigenvalue weighted by molar-refractivity contribution is 5.08. The van der Waals surface area contributed by atoms with Crippen LogP contribution in [-0.4, -0.2) is 35.7 Å². The maximum atomic E-state index is 3.07. The molecule has 1 unspecified atom stereocenters. The molecule has 26 heavy (non-hydrogen) atoms. The third-order valence-electron chi connectivity index (χ3n) is 10.5. The summed E-state index contributed by atoms with van der Waals surface area (Å²) < 4.78 is 0. The van der Waals surface area contributed by atoms with Crippen molar-refractivity contribution < 1.29 is 21.9 Å². The van der Waals surface area contributed by atoms with E-state index in [1.54, 1.807) is 77.0 Å². The molecule has 0 aromatic rings. The molecule has 0 aromatic carbocycles. The molecule has 0 radical (unpaired) electrons. The van der Waals surface area contributed by atoms with Gasteiger partial charge in [-0.2, -0.15) is 0 Å². The molecule has 1 saturated heterocycles. The van der Waals surface area contributed by atoms with Gasteiger partial charge in [-0.3, -0.25) is 0 Å². The van der Waals surface area contributed by atoms with Gasteiger partial charge in [0.15, 0.2) is 0 Å². The highest BCUT2D eigenvalue weighted by Crippen LogP contribution is 2.58. The van der Waals surface area contributed by atoms with Gasteiger partial charge in [0.1, 0.15) is 6.67 Å². The first kappa shape index (κ1) is 17.3. The van der Waals surface area contributed by atoms with Crippen molar-refractivity contribution in [3.8, 4) is 0 Å². The minimum atomic E-state index is 0. The molecule has 146 valence electrons. The van der Waals surface area contributed by atoms with Crippen LogP contribution >= 0.6 is 0 Å². The summed E-state index contributed by atoms with van der Waals surface area (Å²) >= 11 is 0. The van der Waals surface area contributed by atoms with Gasteiger partial charge >= 0.3 is 0 Å². The summed E-state index contributed by atoms with van der Waals surface area (Å²) in [5, 5.41) is 0. The van der Waals surface area contributed by atoms with E-state index < -0.39 is 0 Å². The minimum Gasteiger partial charge on any atom is -1.00 e. The fraction of sp³-hybridized carbons (Fsp3) is 1.00. The second-order valence-electron chi connectivity index (χ2n) is 12.1. The Balaban J connectivity index is 0.00000137. The SMILES string of the molecule is C1C2CC3CC1CC(N1CC[NH+](C45CC6CC(CC(C6)C4)C5)C1)(C2)C3.[Br-]. The van der Waals surface area contributed by atoms with Crippen molar-refractivity contribution in [1.82, 2.24) is 4.90 Å². The van der Waals surface area contributed by atoms with Gasteiger partial charge < -0.3 is 21.9 Å². The Morgan fingerprint density at radius 2 is 1.04 bits per heavy atom. The first-order chi connectivity index (χ1) is 12.2. The van der Waals surface area contributed by atoms with E-state index in [1.807, 2.05) is 0 Å². The van der Waals surface area contributed by atoms with E-state index in [9.17, 15) is 0 Å². The number of hydrogen-bond acceptors (Lipinski definition) is 1. The van der Waals surface area contributed by atoms with Crippen LogP contribution in [-0.2, 0) is 0 Å². The van der Waals surface area contributed by atoms with Crippen LogP contribution in [0.4, 0.5) is 0 Å². The lowest BCUT2D eigenvalue weighted by Crippen LogP contribution is -3.20. The summed E-state index contributed by atoms with van der Waals surface area (Å²) in [4.78, 5) is 5.13. The molecule has 9 fully saturated rings. The normalized spacial score (nSPS) is 59.8. The van der Waals surface area contributed by atoms with E-state index in [0.717, 1.165) is 41.0 Å². The fourth-order valence-corrected chi connectivity index (χ4v) is 10.5. The van der Waals surface area contributed by atoms with Gasteiger partial charge in [-0.1, -0.05) is 0 Å². The predicted molar refractivity (Wildman–Crippen MR) is 99.2 cm³/mol. The third-order valence-corrected chi connectivity index (χ3v) is 10.5. The lowest BCUT2D eigenvalue weighted by molar-refractivity contribution is -0.952. The number of quaternary nitrogens is 1. The average Bonchev–Trinajstić information content (AvgIpc) is 3.04. The van der Waals surface area contributed by atoms with Gasteiger partial charge in [-0.25, -0.2) is 4.90 Å². The van der Waals surface area contributed by atoms with E-state index in [-0.39, 0.29) is 17.0 Å². The molecule has 0 amide bonds.